The number of thiazole rings is 1. The van der Waals surface area contributed by atoms with Gasteiger partial charge < -0.3 is 14.7 Å². The van der Waals surface area contributed by atoms with Gasteiger partial charge in [0.05, 0.1) is 27.9 Å². The Bertz CT molecular complexity index is 1910. The van der Waals surface area contributed by atoms with E-state index in [2.05, 4.69) is 4.98 Å². The van der Waals surface area contributed by atoms with Crippen LogP contribution >= 0.6 is 22.9 Å². The highest BCUT2D eigenvalue weighted by Crippen LogP contribution is 2.45. The molecule has 3 aromatic carbocycles. The highest BCUT2D eigenvalue weighted by atomic mass is 35.5. The fraction of sp³-hybridized carbons (Fsp3) is 0.235. The molecule has 0 saturated heterocycles. The maximum absolute atomic E-state index is 12.6. The monoisotopic (exact) mass is 611 g/mol. The maximum Gasteiger partial charge on any atom is 0.337 e. The second-order valence-corrected chi connectivity index (χ2v) is 13.1. The molecule has 1 N–H and O–H groups in total. The standard InChI is InChI=1S/C34H30ClN3O4S/c1-18-15-25-31(29(19-9-11-21(35)12-10-19)28(18)30(33(40)41)42-34(2,3)4)43-32(37-25)20-13-14-36-24(16-20)22-7-6-8-26-23(22)17-27(39)38(26)5/h6-16,30H,17H2,1-5H3,(H,40,41)/t30-/m0/s1. The smallest absolute Gasteiger partial charge is 0.337 e. The molecule has 1 amide bonds. The molecule has 0 fully saturated rings. The highest BCUT2D eigenvalue weighted by Gasteiger charge is 2.32. The summed E-state index contributed by atoms with van der Waals surface area (Å²) in [5.41, 5.74) is 7.46. The van der Waals surface area contributed by atoms with E-state index in [9.17, 15) is 14.7 Å². The molecule has 0 radical (unpaired) electrons. The van der Waals surface area contributed by atoms with E-state index < -0.39 is 17.7 Å². The minimum Gasteiger partial charge on any atom is -0.479 e. The van der Waals surface area contributed by atoms with Crippen molar-refractivity contribution in [2.45, 2.75) is 45.8 Å². The molecule has 7 nitrogen and oxygen atoms in total. The van der Waals surface area contributed by atoms with E-state index in [4.69, 9.17) is 21.3 Å². The van der Waals surface area contributed by atoms with Crippen LogP contribution in [0.1, 0.15) is 43.6 Å². The number of carbonyl (C=O) groups is 2. The van der Waals surface area contributed by atoms with Gasteiger partial charge in [0.25, 0.3) is 0 Å². The number of anilines is 1. The molecule has 3 heterocycles. The van der Waals surface area contributed by atoms with Crippen LogP contribution in [0.15, 0.2) is 66.9 Å². The summed E-state index contributed by atoms with van der Waals surface area (Å²) in [5.74, 6) is -1.00. The lowest BCUT2D eigenvalue weighted by Crippen LogP contribution is -2.28. The summed E-state index contributed by atoms with van der Waals surface area (Å²) in [5, 5.41) is 11.7. The van der Waals surface area contributed by atoms with Crippen LogP contribution in [0.25, 0.3) is 43.2 Å². The number of ether oxygens (including phenoxy) is 1. The van der Waals surface area contributed by atoms with Crippen LogP contribution < -0.4 is 4.90 Å². The van der Waals surface area contributed by atoms with E-state index in [-0.39, 0.29) is 5.91 Å². The molecule has 9 heteroatoms. The number of carbonyl (C=O) groups excluding carboxylic acids is 1. The number of likely N-dealkylation sites (N-methyl/N-ethyl adjacent to an activating group) is 1. The van der Waals surface area contributed by atoms with Crippen molar-refractivity contribution >= 4 is 50.7 Å². The van der Waals surface area contributed by atoms with Gasteiger partial charge in [0.1, 0.15) is 5.01 Å². The maximum atomic E-state index is 12.6. The van der Waals surface area contributed by atoms with Gasteiger partial charge in [-0.25, -0.2) is 9.78 Å². The number of nitrogens with zero attached hydrogens (tertiary/aromatic N) is 3. The number of carboxylic acids is 1. The number of amides is 1. The number of rotatable bonds is 6. The minimum absolute atomic E-state index is 0.0563. The van der Waals surface area contributed by atoms with Crippen molar-refractivity contribution in [3.63, 3.8) is 0 Å². The number of hydrogen-bond acceptors (Lipinski definition) is 6. The number of hydrogen-bond donors (Lipinski definition) is 1. The molecule has 0 spiro atoms. The summed E-state index contributed by atoms with van der Waals surface area (Å²) in [6, 6.07) is 19.1. The van der Waals surface area contributed by atoms with Gasteiger partial charge in [-0.05, 0) is 80.8 Å². The van der Waals surface area contributed by atoms with Gasteiger partial charge >= 0.3 is 5.97 Å². The van der Waals surface area contributed by atoms with E-state index in [0.717, 1.165) is 60.0 Å². The zero-order valence-electron chi connectivity index (χ0n) is 24.4. The summed E-state index contributed by atoms with van der Waals surface area (Å²) in [4.78, 5) is 36.4. The van der Waals surface area contributed by atoms with Gasteiger partial charge in [-0.3, -0.25) is 9.78 Å². The molecule has 6 rings (SSSR count). The average molecular weight is 612 g/mol. The molecule has 0 aliphatic carbocycles. The normalized spacial score (nSPS) is 13.9. The Labute approximate surface area is 258 Å². The van der Waals surface area contributed by atoms with Crippen molar-refractivity contribution in [2.24, 2.45) is 0 Å². The van der Waals surface area contributed by atoms with Gasteiger partial charge in [0.2, 0.25) is 5.91 Å². The fourth-order valence-corrected chi connectivity index (χ4v) is 6.84. The number of carboxylic acid groups (broad SMARTS) is 1. The van der Waals surface area contributed by atoms with Crippen LogP contribution in [0.3, 0.4) is 0 Å². The SMILES string of the molecule is Cc1cc2nc(-c3ccnc(-c4cccc5c4CC(=O)N5C)c3)sc2c(-c2ccc(Cl)cc2)c1[C@H](OC(C)(C)C)C(=O)O. The molecule has 1 aliphatic heterocycles. The third kappa shape index (κ3) is 5.42. The largest absolute Gasteiger partial charge is 0.479 e. The summed E-state index contributed by atoms with van der Waals surface area (Å²) in [7, 11) is 1.79. The Hall–Kier alpha value is -4.11. The average Bonchev–Trinajstić information content (AvgIpc) is 3.51. The molecule has 0 saturated carbocycles. The summed E-state index contributed by atoms with van der Waals surface area (Å²) in [6.07, 6.45) is 0.905. The van der Waals surface area contributed by atoms with Crippen LogP contribution in [-0.4, -0.2) is 39.6 Å². The number of pyridine rings is 1. The van der Waals surface area contributed by atoms with E-state index in [1.165, 1.54) is 11.3 Å². The van der Waals surface area contributed by atoms with Crippen LogP contribution in [-0.2, 0) is 20.7 Å². The lowest BCUT2D eigenvalue weighted by molar-refractivity contribution is -0.160. The first-order valence-corrected chi connectivity index (χ1v) is 15.1. The second kappa shape index (κ2) is 10.9. The van der Waals surface area contributed by atoms with Crippen LogP contribution in [0.5, 0.6) is 0 Å². The van der Waals surface area contributed by atoms with E-state index in [0.29, 0.717) is 17.0 Å². The third-order valence-corrected chi connectivity index (χ3v) is 8.91. The van der Waals surface area contributed by atoms with E-state index in [1.54, 1.807) is 30.3 Å². The van der Waals surface area contributed by atoms with E-state index >= 15 is 0 Å². The molecule has 218 valence electrons. The first kappa shape index (κ1) is 29.0. The lowest BCUT2D eigenvalue weighted by Gasteiger charge is -2.28. The van der Waals surface area contributed by atoms with Crippen molar-refractivity contribution in [2.75, 3.05) is 11.9 Å². The van der Waals surface area contributed by atoms with E-state index in [1.807, 2.05) is 76.2 Å². The molecule has 5 aromatic rings. The van der Waals surface area contributed by atoms with Crippen molar-refractivity contribution < 1.29 is 19.4 Å². The topological polar surface area (TPSA) is 92.6 Å². The molecule has 0 unspecified atom stereocenters. The molecule has 1 aliphatic rings. The number of aromatic nitrogens is 2. The summed E-state index contributed by atoms with van der Waals surface area (Å²) >= 11 is 7.73. The zero-order valence-corrected chi connectivity index (χ0v) is 26.0. The van der Waals surface area contributed by atoms with Crippen LogP contribution in [0.2, 0.25) is 5.02 Å². The first-order chi connectivity index (χ1) is 20.4. The van der Waals surface area contributed by atoms with Gasteiger partial charge in [-0.1, -0.05) is 35.9 Å². The molecular weight excluding hydrogens is 582 g/mol. The van der Waals surface area contributed by atoms with Gasteiger partial charge in [-0.15, -0.1) is 11.3 Å². The lowest BCUT2D eigenvalue weighted by atomic mass is 9.91. The van der Waals surface area contributed by atoms with Crippen molar-refractivity contribution in [1.82, 2.24) is 9.97 Å². The number of halogens is 1. The quantitative estimate of drug-likeness (QED) is 0.208. The highest BCUT2D eigenvalue weighted by molar-refractivity contribution is 7.22. The number of aryl methyl sites for hydroxylation is 1. The van der Waals surface area contributed by atoms with Crippen molar-refractivity contribution in [3.05, 3.63) is 88.6 Å². The predicted molar refractivity (Wildman–Crippen MR) is 172 cm³/mol. The molecular formula is C34H30ClN3O4S. The van der Waals surface area contributed by atoms with Crippen LogP contribution in [0, 0.1) is 6.92 Å². The molecule has 2 aromatic heterocycles. The minimum atomic E-state index is -1.19. The van der Waals surface area contributed by atoms with Crippen molar-refractivity contribution in [1.29, 1.82) is 0 Å². The molecule has 0 bridgehead atoms. The summed E-state index contributed by atoms with van der Waals surface area (Å²) in [6.45, 7) is 7.44. The second-order valence-electron chi connectivity index (χ2n) is 11.7. The molecule has 1 atom stereocenters. The van der Waals surface area contributed by atoms with Gasteiger partial charge in [0, 0.05) is 46.2 Å². The third-order valence-electron chi connectivity index (χ3n) is 7.52. The summed E-state index contributed by atoms with van der Waals surface area (Å²) < 4.78 is 6.99. The number of aliphatic carboxylic acids is 1. The Morgan fingerprint density at radius 1 is 1.09 bits per heavy atom. The number of fused-ring (bicyclic) bond motifs is 2. The van der Waals surface area contributed by atoms with Crippen molar-refractivity contribution in [3.8, 4) is 33.0 Å². The van der Waals surface area contributed by atoms with Gasteiger partial charge in [0.15, 0.2) is 6.10 Å². The first-order valence-electron chi connectivity index (χ1n) is 13.9. The predicted octanol–water partition coefficient (Wildman–Crippen LogP) is 8.11. The van der Waals surface area contributed by atoms with Crippen LogP contribution in [0.4, 0.5) is 5.69 Å². The van der Waals surface area contributed by atoms with Gasteiger partial charge in [-0.2, -0.15) is 0 Å². The Balaban J connectivity index is 1.54. The Morgan fingerprint density at radius 2 is 1.84 bits per heavy atom. The Kier molecular flexibility index (Phi) is 7.32. The number of benzene rings is 3. The fourth-order valence-electron chi connectivity index (χ4n) is 5.59. The zero-order chi connectivity index (χ0) is 30.6. The molecule has 43 heavy (non-hydrogen) atoms. The Morgan fingerprint density at radius 3 is 2.53 bits per heavy atom.